The molecular weight excluding hydrogens is 1390 g/mol. The summed E-state index contributed by atoms with van der Waals surface area (Å²) in [6, 6.07) is 126. The summed E-state index contributed by atoms with van der Waals surface area (Å²) < 4.78 is 7.12. The first-order valence-corrected chi connectivity index (χ1v) is 33.9. The van der Waals surface area contributed by atoms with Crippen LogP contribution in [0.1, 0.15) is 15.9 Å². The number of para-hydroxylation sites is 6. The molecule has 5 heterocycles. The van der Waals surface area contributed by atoms with Crippen molar-refractivity contribution in [3.63, 3.8) is 0 Å². The third-order valence-electron chi connectivity index (χ3n) is 19.0. The largest absolute Gasteiger partial charge is 3.00 e. The van der Waals surface area contributed by atoms with E-state index < -0.39 is 0 Å². The molecule has 0 bridgehead atoms. The predicted molar refractivity (Wildman–Crippen MR) is 420 cm³/mol. The molecule has 9 heteroatoms. The first kappa shape index (κ1) is 64.6. The molecule has 482 valence electrons. The van der Waals surface area contributed by atoms with Crippen LogP contribution in [0.3, 0.4) is 0 Å². The Morgan fingerprint density at radius 1 is 0.284 bits per heavy atom. The van der Waals surface area contributed by atoms with E-state index in [2.05, 4.69) is 320 Å². The van der Waals surface area contributed by atoms with E-state index in [1.807, 2.05) is 48.8 Å². The Labute approximate surface area is 630 Å². The van der Waals surface area contributed by atoms with Crippen LogP contribution in [-0.4, -0.2) is 34.6 Å². The van der Waals surface area contributed by atoms with Gasteiger partial charge in [0, 0.05) is 107 Å². The number of carbonyl (C=O) groups excluding carboxylic acids is 1. The number of anilines is 3. The van der Waals surface area contributed by atoms with Gasteiger partial charge in [0.2, 0.25) is 0 Å². The molecule has 5 aromatic heterocycles. The van der Waals surface area contributed by atoms with Gasteiger partial charge < -0.3 is 23.7 Å². The third-order valence-corrected chi connectivity index (χ3v) is 19.0. The molecule has 8 nitrogen and oxygen atoms in total. The summed E-state index contributed by atoms with van der Waals surface area (Å²) in [7, 11) is 0. The average molecular weight is 1450 g/mol. The molecule has 0 amide bonds. The third kappa shape index (κ3) is 12.2. The molecule has 0 fully saturated rings. The second-order valence-electron chi connectivity index (χ2n) is 24.9. The van der Waals surface area contributed by atoms with E-state index in [1.54, 1.807) is 36.4 Å². The minimum atomic E-state index is -0.202. The van der Waals surface area contributed by atoms with Crippen molar-refractivity contribution in [2.75, 3.05) is 4.90 Å². The maximum atomic E-state index is 11.8. The molecule has 1 N–H and O–H groups in total. The Balaban J connectivity index is 0.000000150. The summed E-state index contributed by atoms with van der Waals surface area (Å²) >= 11 is 0. The van der Waals surface area contributed by atoms with Gasteiger partial charge in [-0.2, -0.15) is 0 Å². The smallest absolute Gasteiger partial charge is 0.507 e. The molecular formula is C93H64EuN6O2+3. The number of benzene rings is 14. The first-order chi connectivity index (χ1) is 50.0. The number of fused-ring (bicyclic) bond motifs is 12. The Kier molecular flexibility index (Phi) is 18.1. The average Bonchev–Trinajstić information content (AvgIpc) is 1.16. The van der Waals surface area contributed by atoms with Crippen LogP contribution in [0.2, 0.25) is 0 Å². The van der Waals surface area contributed by atoms with Crippen LogP contribution in [0.15, 0.2) is 382 Å². The van der Waals surface area contributed by atoms with Gasteiger partial charge in [-0.05, 0) is 144 Å². The van der Waals surface area contributed by atoms with Gasteiger partial charge in [0.15, 0.2) is 5.78 Å². The van der Waals surface area contributed by atoms with Gasteiger partial charge in [0.25, 0.3) is 0 Å². The first-order valence-electron chi connectivity index (χ1n) is 33.9. The number of rotatable bonds is 11. The summed E-state index contributed by atoms with van der Waals surface area (Å²) in [6.07, 6.45) is 4.99. The number of hydrogen-bond acceptors (Lipinski definition) is 5. The van der Waals surface area contributed by atoms with Gasteiger partial charge >= 0.3 is 49.4 Å². The molecule has 0 saturated carbocycles. The number of nitrogens with zero attached hydrogens (tertiary/aromatic N) is 6. The molecule has 19 rings (SSSR count). The number of ketones is 1. The number of aromatic nitrogens is 5. The van der Waals surface area contributed by atoms with Crippen LogP contribution in [0.25, 0.3) is 132 Å². The van der Waals surface area contributed by atoms with Crippen LogP contribution >= 0.6 is 0 Å². The number of aliphatic hydroxyl groups excluding tert-OH is 1. The molecule has 0 aliphatic rings. The van der Waals surface area contributed by atoms with Crippen molar-refractivity contribution in [2.24, 2.45) is 0 Å². The van der Waals surface area contributed by atoms with E-state index >= 15 is 0 Å². The monoisotopic (exact) mass is 1450 g/mol. The van der Waals surface area contributed by atoms with Crippen LogP contribution in [0, 0.1) is 49.4 Å². The van der Waals surface area contributed by atoms with E-state index in [4.69, 9.17) is 0 Å². The SMILES string of the molecule is O=C(/C=C(\O)c1ccccc1)c1ccccc1.[Eu+3].c1ccc(-c2ccnc3c2ccc2c(-c4ccccc4)ccnc23)cc1.c1ccc2c(c1)c1ccccc1n2-c1ccc(N(c2ccc(-n3c4ccccc4c4ccccc43)cc2)c2ccc(-n3c4ccccc4c4ccccc43)cc2)cc1. The number of allylic oxidation sites excluding steroid dienone is 1. The zero-order valence-corrected chi connectivity index (χ0v) is 57.7. The standard InChI is InChI=1S/C54H36N4.C24H16N2.C15H12O2.Eu/c1-7-19-49-43(13-1)44-14-2-8-20-50(44)56(49)40-31-25-37(26-32-40)55(38-27-33-41(34-28-38)57-51-21-9-3-15-45(51)46-16-4-10-22-52(46)57)39-29-35-42(36-30-39)58-53-23-11-5-17-47(53)48-18-6-12-24-54(48)58;1-3-7-17(8-4-1)19-13-15-25-23-21(19)11-12-22-20(14-16-26-24(22)23)18-9-5-2-6-10-18;16-14(12-7-3-1-4-8-12)11-15(17)13-9-5-2-6-10-13;/h1-36H;1-16H;1-11,16H;/q;;;+3/b;;14-11-;. The maximum Gasteiger partial charge on any atom is 3.00 e. The second kappa shape index (κ2) is 28.6. The second-order valence-corrected chi connectivity index (χ2v) is 24.9. The van der Waals surface area contributed by atoms with Crippen molar-refractivity contribution < 1.29 is 59.3 Å². The van der Waals surface area contributed by atoms with Crippen molar-refractivity contribution >= 4 is 116 Å². The molecule has 14 aromatic carbocycles. The van der Waals surface area contributed by atoms with Gasteiger partial charge in [-0.15, -0.1) is 0 Å². The quantitative estimate of drug-likeness (QED) is 0.0604. The summed E-state index contributed by atoms with van der Waals surface area (Å²) in [4.78, 5) is 23.5. The summed E-state index contributed by atoms with van der Waals surface area (Å²) in [5, 5.41) is 19.6. The Hall–Kier alpha value is -12.1. The van der Waals surface area contributed by atoms with Gasteiger partial charge in [-0.25, -0.2) is 0 Å². The van der Waals surface area contributed by atoms with E-state index in [0.717, 1.165) is 55.9 Å². The van der Waals surface area contributed by atoms with Crippen molar-refractivity contribution in [3.8, 4) is 39.3 Å². The zero-order valence-electron chi connectivity index (χ0n) is 55.3. The summed E-state index contributed by atoms with van der Waals surface area (Å²) in [5.41, 5.74) is 21.7. The number of pyridine rings is 2. The van der Waals surface area contributed by atoms with Crippen LogP contribution in [0.4, 0.5) is 17.1 Å². The fraction of sp³-hybridized carbons (Fsp3) is 0. The van der Waals surface area contributed by atoms with E-state index in [1.165, 1.54) is 93.7 Å². The predicted octanol–water partition coefficient (Wildman–Crippen LogP) is 24.0. The minimum absolute atomic E-state index is 0. The minimum Gasteiger partial charge on any atom is -0.507 e. The normalized spacial score (nSPS) is 11.4. The zero-order chi connectivity index (χ0) is 67.6. The van der Waals surface area contributed by atoms with Crippen LogP contribution in [0.5, 0.6) is 0 Å². The van der Waals surface area contributed by atoms with E-state index in [-0.39, 0.29) is 60.9 Å². The van der Waals surface area contributed by atoms with Gasteiger partial charge in [0.1, 0.15) is 5.76 Å². The van der Waals surface area contributed by atoms with Crippen molar-refractivity contribution in [1.29, 1.82) is 0 Å². The molecule has 19 aromatic rings. The summed E-state index contributed by atoms with van der Waals surface area (Å²) in [5.74, 6) is -0.216. The van der Waals surface area contributed by atoms with Crippen molar-refractivity contribution in [2.45, 2.75) is 0 Å². The number of carbonyl (C=O) groups is 1. The molecule has 102 heavy (non-hydrogen) atoms. The Morgan fingerprint density at radius 3 is 0.853 bits per heavy atom. The fourth-order valence-electron chi connectivity index (χ4n) is 14.4. The Morgan fingerprint density at radius 2 is 0.549 bits per heavy atom. The molecule has 0 radical (unpaired) electrons. The molecule has 0 unspecified atom stereocenters. The molecule has 0 saturated heterocycles. The molecule has 0 aliphatic heterocycles. The van der Waals surface area contributed by atoms with E-state index in [0.29, 0.717) is 11.1 Å². The topological polar surface area (TPSA) is 81.1 Å². The van der Waals surface area contributed by atoms with Crippen molar-refractivity contribution in [1.82, 2.24) is 23.7 Å². The molecule has 0 aliphatic carbocycles. The van der Waals surface area contributed by atoms with Gasteiger partial charge in [-0.1, -0.05) is 243 Å². The van der Waals surface area contributed by atoms with E-state index in [9.17, 15) is 9.90 Å². The maximum absolute atomic E-state index is 11.8. The van der Waals surface area contributed by atoms with Crippen LogP contribution < -0.4 is 4.90 Å². The molecule has 0 atom stereocenters. The van der Waals surface area contributed by atoms with Gasteiger partial charge in [-0.3, -0.25) is 14.8 Å². The molecule has 0 spiro atoms. The number of hydrogen-bond donors (Lipinski definition) is 1. The number of aliphatic hydroxyl groups is 1. The Bertz CT molecular complexity index is 5640. The summed E-state index contributed by atoms with van der Waals surface area (Å²) in [6.45, 7) is 0. The van der Waals surface area contributed by atoms with Gasteiger partial charge in [0.05, 0.1) is 44.1 Å². The fourth-order valence-corrected chi connectivity index (χ4v) is 14.4. The van der Waals surface area contributed by atoms with Crippen LogP contribution in [-0.2, 0) is 0 Å². The van der Waals surface area contributed by atoms with Crippen molar-refractivity contribution in [3.05, 3.63) is 394 Å².